The number of hydrogen-bond acceptors (Lipinski definition) is 2. The van der Waals surface area contributed by atoms with Crippen LogP contribution in [0.5, 0.6) is 0 Å². The van der Waals surface area contributed by atoms with Gasteiger partial charge in [0.05, 0.1) is 17.9 Å². The summed E-state index contributed by atoms with van der Waals surface area (Å²) in [6, 6.07) is 13.3. The fourth-order valence-corrected chi connectivity index (χ4v) is 4.01. The second-order valence-electron chi connectivity index (χ2n) is 6.84. The zero-order valence-corrected chi connectivity index (χ0v) is 17.5. The van der Waals surface area contributed by atoms with Gasteiger partial charge in [-0.05, 0) is 26.0 Å². The molecule has 0 aliphatic carbocycles. The number of aromatic nitrogens is 3. The van der Waals surface area contributed by atoms with Crippen molar-refractivity contribution in [1.29, 1.82) is 0 Å². The van der Waals surface area contributed by atoms with E-state index in [4.69, 9.17) is 4.98 Å². The van der Waals surface area contributed by atoms with Crippen molar-refractivity contribution in [3.8, 4) is 11.3 Å². The molecular formula is C22H18BrF2N3O. The third-order valence-electron chi connectivity index (χ3n) is 5.22. The first kappa shape index (κ1) is 19.5. The highest BCUT2D eigenvalue weighted by Crippen LogP contribution is 2.27. The van der Waals surface area contributed by atoms with Crippen LogP contribution in [0.15, 0.2) is 53.3 Å². The third-order valence-corrected chi connectivity index (χ3v) is 5.75. The van der Waals surface area contributed by atoms with Crippen LogP contribution in [0.3, 0.4) is 0 Å². The van der Waals surface area contributed by atoms with E-state index in [-0.39, 0.29) is 17.7 Å². The Morgan fingerprint density at radius 1 is 1.00 bits per heavy atom. The molecule has 4 nitrogen and oxygen atoms in total. The van der Waals surface area contributed by atoms with Gasteiger partial charge in [-0.2, -0.15) is 0 Å². The van der Waals surface area contributed by atoms with Gasteiger partial charge in [0.2, 0.25) is 5.78 Å². The van der Waals surface area contributed by atoms with Crippen LogP contribution in [-0.2, 0) is 11.9 Å². The van der Waals surface area contributed by atoms with Gasteiger partial charge in [-0.15, -0.1) is 0 Å². The van der Waals surface area contributed by atoms with Crippen molar-refractivity contribution >= 4 is 21.7 Å². The minimum Gasteiger partial charge on any atom is -0.311 e. The lowest BCUT2D eigenvalue weighted by Crippen LogP contribution is -2.25. The summed E-state index contributed by atoms with van der Waals surface area (Å²) in [6.45, 7) is 3.41. The number of fused-ring (bicyclic) bond motifs is 1. The maximum atomic E-state index is 14.3. The van der Waals surface area contributed by atoms with Gasteiger partial charge in [0.15, 0.2) is 0 Å². The van der Waals surface area contributed by atoms with E-state index in [9.17, 15) is 13.6 Å². The summed E-state index contributed by atoms with van der Waals surface area (Å²) >= 11 is 3.47. The molecule has 0 atom stereocenters. The molecule has 4 aromatic rings. The SMILES string of the molecule is Cc1c(C)n(Cc2c(F)cccc2F)c2nc(-c3ccccc3)c(CBr)n2c1=O. The molecule has 0 N–H and O–H groups in total. The fraction of sp³-hybridized carbons (Fsp3) is 0.182. The summed E-state index contributed by atoms with van der Waals surface area (Å²) in [4.78, 5) is 17.8. The normalized spacial score (nSPS) is 11.3. The first-order chi connectivity index (χ1) is 13.9. The molecule has 0 aliphatic rings. The Morgan fingerprint density at radius 2 is 1.66 bits per heavy atom. The Kier molecular flexibility index (Phi) is 5.08. The topological polar surface area (TPSA) is 39.3 Å². The van der Waals surface area contributed by atoms with E-state index < -0.39 is 11.6 Å². The van der Waals surface area contributed by atoms with Crippen LogP contribution in [0, 0.1) is 25.5 Å². The van der Waals surface area contributed by atoms with Crippen LogP contribution in [0.2, 0.25) is 0 Å². The van der Waals surface area contributed by atoms with E-state index in [1.165, 1.54) is 22.6 Å². The molecule has 0 unspecified atom stereocenters. The van der Waals surface area contributed by atoms with Crippen LogP contribution < -0.4 is 5.56 Å². The first-order valence-corrected chi connectivity index (χ1v) is 10.2. The Labute approximate surface area is 174 Å². The molecule has 7 heteroatoms. The van der Waals surface area contributed by atoms with E-state index in [1.54, 1.807) is 18.4 Å². The van der Waals surface area contributed by atoms with Crippen molar-refractivity contribution < 1.29 is 8.78 Å². The number of halogens is 3. The van der Waals surface area contributed by atoms with Crippen molar-refractivity contribution in [3.05, 3.63) is 93.0 Å². The van der Waals surface area contributed by atoms with E-state index in [1.807, 2.05) is 30.3 Å². The van der Waals surface area contributed by atoms with E-state index in [0.29, 0.717) is 33.8 Å². The third kappa shape index (κ3) is 3.19. The molecule has 148 valence electrons. The van der Waals surface area contributed by atoms with Crippen LogP contribution in [0.1, 0.15) is 22.5 Å². The molecule has 0 aliphatic heterocycles. The first-order valence-electron chi connectivity index (χ1n) is 9.09. The second-order valence-corrected chi connectivity index (χ2v) is 7.40. The number of benzene rings is 2. The molecule has 0 fully saturated rings. The molecule has 2 heterocycles. The van der Waals surface area contributed by atoms with Crippen molar-refractivity contribution in [2.45, 2.75) is 25.7 Å². The zero-order valence-electron chi connectivity index (χ0n) is 15.9. The molecule has 29 heavy (non-hydrogen) atoms. The molecule has 0 amide bonds. The van der Waals surface area contributed by atoms with Crippen LogP contribution in [-0.4, -0.2) is 14.0 Å². The van der Waals surface area contributed by atoms with Crippen LogP contribution in [0.25, 0.3) is 17.0 Å². The number of alkyl halides is 1. The lowest BCUT2D eigenvalue weighted by Gasteiger charge is -2.16. The molecular weight excluding hydrogens is 440 g/mol. The van der Waals surface area contributed by atoms with Gasteiger partial charge in [-0.3, -0.25) is 4.79 Å². The molecule has 4 rings (SSSR count). The average molecular weight is 458 g/mol. The van der Waals surface area contributed by atoms with Gasteiger partial charge in [-0.1, -0.05) is 52.3 Å². The lowest BCUT2D eigenvalue weighted by atomic mass is 10.1. The Hall–Kier alpha value is -2.80. The minimum atomic E-state index is -0.630. The summed E-state index contributed by atoms with van der Waals surface area (Å²) in [5.41, 5.74) is 3.10. The second kappa shape index (κ2) is 7.55. The molecule has 2 aromatic carbocycles. The quantitative estimate of drug-likeness (QED) is 0.404. The number of nitrogens with zero attached hydrogens (tertiary/aromatic N) is 3. The number of hydrogen-bond donors (Lipinski definition) is 0. The molecule has 0 saturated carbocycles. The largest absolute Gasteiger partial charge is 0.311 e. The number of rotatable bonds is 4. The zero-order chi connectivity index (χ0) is 20.7. The maximum Gasteiger partial charge on any atom is 0.262 e. The highest BCUT2D eigenvalue weighted by atomic mass is 79.9. The van der Waals surface area contributed by atoms with E-state index in [0.717, 1.165) is 5.56 Å². The molecule has 2 aromatic heterocycles. The average Bonchev–Trinajstić information content (AvgIpc) is 3.11. The Bertz CT molecular complexity index is 1260. The maximum absolute atomic E-state index is 14.3. The summed E-state index contributed by atoms with van der Waals surface area (Å²) < 4.78 is 31.8. The van der Waals surface area contributed by atoms with Crippen molar-refractivity contribution in [1.82, 2.24) is 14.0 Å². The molecule has 0 saturated heterocycles. The van der Waals surface area contributed by atoms with Gasteiger partial charge >= 0.3 is 0 Å². The van der Waals surface area contributed by atoms with Crippen molar-refractivity contribution in [3.63, 3.8) is 0 Å². The fourth-order valence-electron chi connectivity index (χ4n) is 3.49. The lowest BCUT2D eigenvalue weighted by molar-refractivity contribution is 0.542. The summed E-state index contributed by atoms with van der Waals surface area (Å²) in [6.07, 6.45) is 0. The highest BCUT2D eigenvalue weighted by Gasteiger charge is 2.22. The summed E-state index contributed by atoms with van der Waals surface area (Å²) in [7, 11) is 0. The monoisotopic (exact) mass is 457 g/mol. The Balaban J connectivity index is 2.05. The minimum absolute atomic E-state index is 0.0646. The van der Waals surface area contributed by atoms with Gasteiger partial charge in [0, 0.05) is 27.7 Å². The van der Waals surface area contributed by atoms with Gasteiger partial charge < -0.3 is 4.57 Å². The standard InChI is InChI=1S/C22H18BrF2N3O/c1-13-14(2)27(12-16-17(24)9-6-10-18(16)25)22-26-20(15-7-4-3-5-8-15)19(11-23)28(22)21(13)29/h3-10H,11-12H2,1-2H3. The van der Waals surface area contributed by atoms with Crippen LogP contribution in [0.4, 0.5) is 8.78 Å². The molecule has 0 spiro atoms. The number of imidazole rings is 1. The summed E-state index contributed by atoms with van der Waals surface area (Å²) in [5.74, 6) is -0.905. The molecule has 0 bridgehead atoms. The van der Waals surface area contributed by atoms with E-state index in [2.05, 4.69) is 15.9 Å². The predicted octanol–water partition coefficient (Wildman–Crippen LogP) is 5.00. The predicted molar refractivity (Wildman–Crippen MR) is 112 cm³/mol. The van der Waals surface area contributed by atoms with Crippen molar-refractivity contribution in [2.24, 2.45) is 0 Å². The van der Waals surface area contributed by atoms with Gasteiger partial charge in [-0.25, -0.2) is 18.2 Å². The molecule has 0 radical (unpaired) electrons. The highest BCUT2D eigenvalue weighted by molar-refractivity contribution is 9.08. The smallest absolute Gasteiger partial charge is 0.262 e. The van der Waals surface area contributed by atoms with E-state index >= 15 is 0 Å². The van der Waals surface area contributed by atoms with Gasteiger partial charge in [0.25, 0.3) is 5.56 Å². The summed E-state index contributed by atoms with van der Waals surface area (Å²) in [5, 5.41) is 0.407. The van der Waals surface area contributed by atoms with Crippen molar-refractivity contribution in [2.75, 3.05) is 0 Å². The van der Waals surface area contributed by atoms with Crippen LogP contribution >= 0.6 is 15.9 Å². The Morgan fingerprint density at radius 3 is 2.28 bits per heavy atom. The van der Waals surface area contributed by atoms with Gasteiger partial charge in [0.1, 0.15) is 11.6 Å².